The number of hydrogen-bond acceptors (Lipinski definition) is 1. The van der Waals surface area contributed by atoms with Crippen molar-refractivity contribution in [2.45, 2.75) is 45.1 Å². The van der Waals surface area contributed by atoms with Gasteiger partial charge in [0.15, 0.2) is 0 Å². The highest BCUT2D eigenvalue weighted by atomic mass is 79.9. The van der Waals surface area contributed by atoms with E-state index >= 15 is 0 Å². The minimum Gasteiger partial charge on any atom is -0.313 e. The summed E-state index contributed by atoms with van der Waals surface area (Å²) >= 11 is 9.76. The van der Waals surface area contributed by atoms with Gasteiger partial charge in [0.2, 0.25) is 0 Å². The van der Waals surface area contributed by atoms with Crippen molar-refractivity contribution >= 4 is 27.5 Å². The van der Waals surface area contributed by atoms with Crippen LogP contribution in [0.5, 0.6) is 0 Å². The molecule has 0 aliphatic heterocycles. The van der Waals surface area contributed by atoms with E-state index in [-0.39, 0.29) is 0 Å². The normalized spacial score (nSPS) is 25.3. The van der Waals surface area contributed by atoms with E-state index in [4.69, 9.17) is 11.6 Å². The van der Waals surface area contributed by atoms with Gasteiger partial charge in [-0.2, -0.15) is 0 Å². The van der Waals surface area contributed by atoms with E-state index in [1.54, 1.807) is 0 Å². The second-order valence-corrected chi connectivity index (χ2v) is 6.94. The van der Waals surface area contributed by atoms with E-state index in [2.05, 4.69) is 47.4 Å². The molecule has 1 aliphatic carbocycles. The fraction of sp³-hybridized carbons (Fsp3) is 0.625. The quantitative estimate of drug-likeness (QED) is 0.752. The molecule has 1 N–H and O–H groups in total. The molecule has 1 nitrogen and oxygen atoms in total. The second-order valence-electron chi connectivity index (χ2n) is 5.59. The van der Waals surface area contributed by atoms with E-state index in [1.165, 1.54) is 37.7 Å². The van der Waals surface area contributed by atoms with Crippen molar-refractivity contribution in [1.29, 1.82) is 0 Å². The SMILES string of the molecule is CCC1CCCCC1C(NC)c1cc(Cl)cc(Br)c1. The maximum atomic E-state index is 6.20. The molecular weight excluding hydrogens is 322 g/mol. The molecule has 1 aromatic carbocycles. The Bertz CT molecular complexity index is 401. The molecule has 1 saturated carbocycles. The average Bonchev–Trinajstić information content (AvgIpc) is 2.39. The van der Waals surface area contributed by atoms with Crippen molar-refractivity contribution in [3.8, 4) is 0 Å². The monoisotopic (exact) mass is 343 g/mol. The van der Waals surface area contributed by atoms with Gasteiger partial charge in [0.25, 0.3) is 0 Å². The lowest BCUT2D eigenvalue weighted by Gasteiger charge is -2.37. The summed E-state index contributed by atoms with van der Waals surface area (Å²) in [5, 5.41) is 4.34. The van der Waals surface area contributed by atoms with Crippen LogP contribution >= 0.6 is 27.5 Å². The second kappa shape index (κ2) is 7.10. The molecule has 1 aliphatic rings. The molecule has 3 unspecified atom stereocenters. The van der Waals surface area contributed by atoms with Crippen LogP contribution in [0, 0.1) is 11.8 Å². The maximum absolute atomic E-state index is 6.20. The van der Waals surface area contributed by atoms with Gasteiger partial charge in [-0.25, -0.2) is 0 Å². The van der Waals surface area contributed by atoms with E-state index in [9.17, 15) is 0 Å². The molecule has 0 bridgehead atoms. The summed E-state index contributed by atoms with van der Waals surface area (Å²) in [6.45, 7) is 2.32. The first kappa shape index (κ1) is 15.3. The van der Waals surface area contributed by atoms with Gasteiger partial charge in [0.1, 0.15) is 0 Å². The van der Waals surface area contributed by atoms with Crippen LogP contribution in [-0.4, -0.2) is 7.05 Å². The average molecular weight is 345 g/mol. The third-order valence-corrected chi connectivity index (χ3v) is 5.15. The summed E-state index contributed by atoms with van der Waals surface area (Å²) in [4.78, 5) is 0. The Morgan fingerprint density at radius 3 is 2.68 bits per heavy atom. The Balaban J connectivity index is 2.27. The zero-order chi connectivity index (χ0) is 13.8. The van der Waals surface area contributed by atoms with Crippen molar-refractivity contribution in [1.82, 2.24) is 5.32 Å². The van der Waals surface area contributed by atoms with Gasteiger partial charge in [-0.15, -0.1) is 0 Å². The first-order chi connectivity index (χ1) is 9.15. The number of hydrogen-bond donors (Lipinski definition) is 1. The van der Waals surface area contributed by atoms with E-state index in [1.807, 2.05) is 6.07 Å². The molecule has 1 fully saturated rings. The molecule has 0 saturated heterocycles. The van der Waals surface area contributed by atoms with Crippen LogP contribution < -0.4 is 5.32 Å². The number of rotatable bonds is 4. The highest BCUT2D eigenvalue weighted by Gasteiger charge is 2.31. The molecule has 3 heteroatoms. The zero-order valence-corrected chi connectivity index (χ0v) is 14.1. The number of benzene rings is 1. The van der Waals surface area contributed by atoms with Gasteiger partial charge in [0.05, 0.1) is 0 Å². The summed E-state index contributed by atoms with van der Waals surface area (Å²) in [5.74, 6) is 1.57. The Labute approximate surface area is 130 Å². The topological polar surface area (TPSA) is 12.0 Å². The van der Waals surface area contributed by atoms with Crippen LogP contribution in [0.25, 0.3) is 0 Å². The van der Waals surface area contributed by atoms with Crippen molar-refractivity contribution in [3.05, 3.63) is 33.3 Å². The molecule has 2 rings (SSSR count). The van der Waals surface area contributed by atoms with E-state index < -0.39 is 0 Å². The summed E-state index contributed by atoms with van der Waals surface area (Å²) in [6, 6.07) is 6.68. The first-order valence-corrected chi connectivity index (χ1v) is 8.46. The fourth-order valence-corrected chi connectivity index (χ4v) is 4.45. The molecule has 0 heterocycles. The van der Waals surface area contributed by atoms with Crippen LogP contribution in [-0.2, 0) is 0 Å². The summed E-state index contributed by atoms with van der Waals surface area (Å²) in [7, 11) is 2.07. The van der Waals surface area contributed by atoms with Crippen LogP contribution in [0.2, 0.25) is 5.02 Å². The summed E-state index contributed by atoms with van der Waals surface area (Å²) in [5.41, 5.74) is 1.31. The number of nitrogens with one attached hydrogen (secondary N) is 1. The van der Waals surface area contributed by atoms with Crippen molar-refractivity contribution in [2.24, 2.45) is 11.8 Å². The van der Waals surface area contributed by atoms with Crippen LogP contribution in [0.4, 0.5) is 0 Å². The smallest absolute Gasteiger partial charge is 0.0420 e. The van der Waals surface area contributed by atoms with Gasteiger partial charge < -0.3 is 5.32 Å². The largest absolute Gasteiger partial charge is 0.313 e. The third kappa shape index (κ3) is 3.74. The lowest BCUT2D eigenvalue weighted by molar-refractivity contribution is 0.180. The summed E-state index contributed by atoms with van der Waals surface area (Å²) < 4.78 is 1.07. The van der Waals surface area contributed by atoms with Gasteiger partial charge in [-0.1, -0.05) is 60.1 Å². The number of halogens is 2. The molecule has 0 radical (unpaired) electrons. The Morgan fingerprint density at radius 2 is 2.05 bits per heavy atom. The zero-order valence-electron chi connectivity index (χ0n) is 11.8. The van der Waals surface area contributed by atoms with Gasteiger partial charge in [-0.05, 0) is 49.1 Å². The Kier molecular flexibility index (Phi) is 5.73. The van der Waals surface area contributed by atoms with Crippen LogP contribution in [0.3, 0.4) is 0 Å². The lowest BCUT2D eigenvalue weighted by atomic mass is 9.72. The van der Waals surface area contributed by atoms with E-state index in [0.29, 0.717) is 6.04 Å². The molecule has 0 aromatic heterocycles. The van der Waals surface area contributed by atoms with Gasteiger partial charge in [0, 0.05) is 15.5 Å². The fourth-order valence-electron chi connectivity index (χ4n) is 3.56. The molecule has 1 aromatic rings. The van der Waals surface area contributed by atoms with Crippen molar-refractivity contribution in [3.63, 3.8) is 0 Å². The van der Waals surface area contributed by atoms with Gasteiger partial charge in [-0.3, -0.25) is 0 Å². The minimum absolute atomic E-state index is 0.417. The molecule has 0 spiro atoms. The lowest BCUT2D eigenvalue weighted by Crippen LogP contribution is -2.32. The summed E-state index contributed by atoms with van der Waals surface area (Å²) in [6.07, 6.45) is 6.74. The highest BCUT2D eigenvalue weighted by Crippen LogP contribution is 2.41. The molecule has 0 amide bonds. The standard InChI is InChI=1S/C16H23BrClN/c1-3-11-6-4-5-7-15(11)16(19-2)12-8-13(17)10-14(18)9-12/h8-11,15-16,19H,3-7H2,1-2H3. The highest BCUT2D eigenvalue weighted by molar-refractivity contribution is 9.10. The van der Waals surface area contributed by atoms with Gasteiger partial charge >= 0.3 is 0 Å². The minimum atomic E-state index is 0.417. The Hall–Kier alpha value is -0.0500. The molecule has 3 atom stereocenters. The molecular formula is C16H23BrClN. The molecule has 19 heavy (non-hydrogen) atoms. The third-order valence-electron chi connectivity index (χ3n) is 4.48. The molecule has 106 valence electrons. The first-order valence-electron chi connectivity index (χ1n) is 7.29. The van der Waals surface area contributed by atoms with Crippen molar-refractivity contribution in [2.75, 3.05) is 7.05 Å². The maximum Gasteiger partial charge on any atom is 0.0420 e. The van der Waals surface area contributed by atoms with E-state index in [0.717, 1.165) is 21.3 Å². The predicted molar refractivity (Wildman–Crippen MR) is 86.7 cm³/mol. The Morgan fingerprint density at radius 1 is 1.32 bits per heavy atom. The van der Waals surface area contributed by atoms with Crippen molar-refractivity contribution < 1.29 is 0 Å². The van der Waals surface area contributed by atoms with Crippen LogP contribution in [0.15, 0.2) is 22.7 Å². The van der Waals surface area contributed by atoms with Crippen LogP contribution in [0.1, 0.15) is 50.6 Å². The predicted octanol–water partition coefficient (Wildman–Crippen LogP) is 5.58.